The molecule has 0 amide bonds. The van der Waals surface area contributed by atoms with Crippen LogP contribution in [-0.4, -0.2) is 24.1 Å². The van der Waals surface area contributed by atoms with Gasteiger partial charge >= 0.3 is 11.9 Å². The summed E-state index contributed by atoms with van der Waals surface area (Å²) in [5.41, 5.74) is -0.283. The molecular weight excluding hydrogens is 280 g/mol. The van der Waals surface area contributed by atoms with Gasteiger partial charge in [-0.05, 0) is 46.5 Å². The number of carbonyl (C=O) groups excluding carboxylic acids is 2. The maximum atomic E-state index is 12.4. The van der Waals surface area contributed by atoms with Crippen molar-refractivity contribution in [2.24, 2.45) is 17.3 Å². The summed E-state index contributed by atoms with van der Waals surface area (Å²) < 4.78 is 10.6. The van der Waals surface area contributed by atoms with Crippen LogP contribution in [0.15, 0.2) is 11.6 Å². The molecule has 0 aromatic carbocycles. The molecule has 128 valence electrons. The van der Waals surface area contributed by atoms with E-state index in [9.17, 15) is 9.59 Å². The molecule has 0 bridgehead atoms. The van der Waals surface area contributed by atoms with Crippen molar-refractivity contribution in [2.75, 3.05) is 6.61 Å². The standard InChI is InChI=1S/C18H32O4/c1-12(2)10-18(9,14(5)6)16(20)21-11-15(19)22-17(7,8)13(3)4/h10,13-14H,11H2,1-9H3. The van der Waals surface area contributed by atoms with Crippen LogP contribution < -0.4 is 0 Å². The molecule has 0 aromatic heterocycles. The molecule has 0 rings (SSSR count). The van der Waals surface area contributed by atoms with E-state index in [1.165, 1.54) is 0 Å². The highest BCUT2D eigenvalue weighted by molar-refractivity contribution is 5.82. The van der Waals surface area contributed by atoms with Crippen LogP contribution in [0.3, 0.4) is 0 Å². The highest BCUT2D eigenvalue weighted by atomic mass is 16.6. The first-order valence-electron chi connectivity index (χ1n) is 7.88. The van der Waals surface area contributed by atoms with E-state index in [1.54, 1.807) is 0 Å². The average molecular weight is 312 g/mol. The lowest BCUT2D eigenvalue weighted by Gasteiger charge is -2.30. The van der Waals surface area contributed by atoms with Crippen LogP contribution in [0.1, 0.15) is 62.3 Å². The first kappa shape index (κ1) is 20.7. The second-order valence-electron chi connectivity index (χ2n) is 7.47. The zero-order valence-electron chi connectivity index (χ0n) is 15.6. The predicted molar refractivity (Wildman–Crippen MR) is 88.3 cm³/mol. The first-order chi connectivity index (χ1) is 9.82. The molecule has 0 spiro atoms. The molecule has 0 N–H and O–H groups in total. The van der Waals surface area contributed by atoms with Gasteiger partial charge in [0.15, 0.2) is 6.61 Å². The summed E-state index contributed by atoms with van der Waals surface area (Å²) in [5.74, 6) is -0.671. The van der Waals surface area contributed by atoms with Gasteiger partial charge in [0.05, 0.1) is 5.41 Å². The molecule has 4 nitrogen and oxygen atoms in total. The van der Waals surface area contributed by atoms with E-state index < -0.39 is 23.0 Å². The molecule has 0 aliphatic carbocycles. The third-order valence-corrected chi connectivity index (χ3v) is 4.32. The van der Waals surface area contributed by atoms with E-state index in [0.29, 0.717) is 0 Å². The van der Waals surface area contributed by atoms with E-state index in [4.69, 9.17) is 9.47 Å². The number of ether oxygens (including phenoxy) is 2. The van der Waals surface area contributed by atoms with E-state index >= 15 is 0 Å². The van der Waals surface area contributed by atoms with Gasteiger partial charge in [0.1, 0.15) is 5.60 Å². The molecule has 0 aromatic rings. The maximum Gasteiger partial charge on any atom is 0.344 e. The lowest BCUT2D eigenvalue weighted by atomic mass is 9.78. The second kappa shape index (κ2) is 7.80. The van der Waals surface area contributed by atoms with E-state index in [2.05, 4.69) is 0 Å². The van der Waals surface area contributed by atoms with Gasteiger partial charge in [-0.3, -0.25) is 4.79 Å². The lowest BCUT2D eigenvalue weighted by Crippen LogP contribution is -2.38. The van der Waals surface area contributed by atoms with Gasteiger partial charge in [-0.15, -0.1) is 0 Å². The van der Waals surface area contributed by atoms with Crippen LogP contribution in [0.4, 0.5) is 0 Å². The Morgan fingerprint density at radius 3 is 1.86 bits per heavy atom. The first-order valence-corrected chi connectivity index (χ1v) is 7.88. The van der Waals surface area contributed by atoms with Crippen LogP contribution in [0.2, 0.25) is 0 Å². The van der Waals surface area contributed by atoms with E-state index in [-0.39, 0.29) is 18.4 Å². The smallest absolute Gasteiger partial charge is 0.344 e. The third-order valence-electron chi connectivity index (χ3n) is 4.32. The van der Waals surface area contributed by atoms with Crippen molar-refractivity contribution < 1.29 is 19.1 Å². The number of hydrogen-bond acceptors (Lipinski definition) is 4. The molecule has 0 saturated heterocycles. The minimum absolute atomic E-state index is 0.0676. The summed E-state index contributed by atoms with van der Waals surface area (Å²) >= 11 is 0. The van der Waals surface area contributed by atoms with Crippen molar-refractivity contribution >= 4 is 11.9 Å². The summed E-state index contributed by atoms with van der Waals surface area (Å²) in [6.45, 7) is 16.9. The van der Waals surface area contributed by atoms with Crippen molar-refractivity contribution in [3.63, 3.8) is 0 Å². The van der Waals surface area contributed by atoms with Gasteiger partial charge in [-0.25, -0.2) is 4.79 Å². The molecule has 0 heterocycles. The zero-order valence-corrected chi connectivity index (χ0v) is 15.6. The van der Waals surface area contributed by atoms with Crippen molar-refractivity contribution in [3.8, 4) is 0 Å². The van der Waals surface area contributed by atoms with Crippen molar-refractivity contribution in [3.05, 3.63) is 11.6 Å². The van der Waals surface area contributed by atoms with Crippen LogP contribution >= 0.6 is 0 Å². The highest BCUT2D eigenvalue weighted by Gasteiger charge is 2.37. The molecule has 0 saturated carbocycles. The van der Waals surface area contributed by atoms with Gasteiger partial charge in [-0.2, -0.15) is 0 Å². The van der Waals surface area contributed by atoms with Crippen molar-refractivity contribution in [2.45, 2.75) is 67.9 Å². The summed E-state index contributed by atoms with van der Waals surface area (Å²) in [7, 11) is 0. The van der Waals surface area contributed by atoms with Gasteiger partial charge in [-0.1, -0.05) is 39.3 Å². The Bertz CT molecular complexity index is 428. The molecule has 22 heavy (non-hydrogen) atoms. The molecular formula is C18H32O4. The maximum absolute atomic E-state index is 12.4. The van der Waals surface area contributed by atoms with E-state index in [0.717, 1.165) is 5.57 Å². The molecule has 4 heteroatoms. The quantitative estimate of drug-likeness (QED) is 0.524. The van der Waals surface area contributed by atoms with Crippen LogP contribution in [-0.2, 0) is 19.1 Å². The SMILES string of the molecule is CC(C)=CC(C)(C(=O)OCC(=O)OC(C)(C)C(C)C)C(C)C. The van der Waals surface area contributed by atoms with Crippen molar-refractivity contribution in [1.29, 1.82) is 0 Å². The molecule has 0 fully saturated rings. The average Bonchev–Trinajstić information content (AvgIpc) is 2.33. The Kier molecular flexibility index (Phi) is 7.33. The minimum Gasteiger partial charge on any atom is -0.457 e. The molecule has 0 aliphatic heterocycles. The van der Waals surface area contributed by atoms with Gasteiger partial charge in [0, 0.05) is 0 Å². The largest absolute Gasteiger partial charge is 0.457 e. The molecule has 1 unspecified atom stereocenters. The summed E-state index contributed by atoms with van der Waals surface area (Å²) in [6.07, 6.45) is 1.89. The summed E-state index contributed by atoms with van der Waals surface area (Å²) in [6, 6.07) is 0. The number of carbonyl (C=O) groups is 2. The Morgan fingerprint density at radius 1 is 1.00 bits per heavy atom. The Hall–Kier alpha value is -1.32. The van der Waals surface area contributed by atoms with Gasteiger partial charge in [0.2, 0.25) is 0 Å². The van der Waals surface area contributed by atoms with E-state index in [1.807, 2.05) is 68.4 Å². The van der Waals surface area contributed by atoms with Crippen molar-refractivity contribution in [1.82, 2.24) is 0 Å². The second-order valence-corrected chi connectivity index (χ2v) is 7.47. The van der Waals surface area contributed by atoms with Gasteiger partial charge in [0.25, 0.3) is 0 Å². The molecule has 1 atom stereocenters. The third kappa shape index (κ3) is 5.82. The summed E-state index contributed by atoms with van der Waals surface area (Å²) in [4.78, 5) is 24.2. The number of esters is 2. The Labute approximate surface area is 135 Å². The number of hydrogen-bond donors (Lipinski definition) is 0. The van der Waals surface area contributed by atoms with Crippen LogP contribution in [0.25, 0.3) is 0 Å². The summed E-state index contributed by atoms with van der Waals surface area (Å²) in [5, 5.41) is 0. The topological polar surface area (TPSA) is 52.6 Å². The number of allylic oxidation sites excluding steroid dienone is 1. The molecule has 0 radical (unpaired) electrons. The fourth-order valence-corrected chi connectivity index (χ4v) is 1.78. The minimum atomic E-state index is -0.743. The normalized spacial score (nSPS) is 14.5. The van der Waals surface area contributed by atoms with Gasteiger partial charge < -0.3 is 9.47 Å². The Morgan fingerprint density at radius 2 is 1.50 bits per heavy atom. The number of rotatable bonds is 7. The fraction of sp³-hybridized carbons (Fsp3) is 0.778. The zero-order chi connectivity index (χ0) is 17.7. The fourth-order valence-electron chi connectivity index (χ4n) is 1.78. The highest BCUT2D eigenvalue weighted by Crippen LogP contribution is 2.31. The monoisotopic (exact) mass is 312 g/mol. The molecule has 0 aliphatic rings. The predicted octanol–water partition coefficient (Wildman–Crippen LogP) is 4.14. The van der Waals surface area contributed by atoms with Crippen LogP contribution in [0, 0.1) is 17.3 Å². The lowest BCUT2D eigenvalue weighted by molar-refractivity contribution is -0.174. The Balaban J connectivity index is 4.80. The van der Waals surface area contributed by atoms with Crippen LogP contribution in [0.5, 0.6) is 0 Å².